The van der Waals surface area contributed by atoms with E-state index >= 15 is 0 Å². The number of nitrogens with zero attached hydrogens (tertiary/aromatic N) is 4. The van der Waals surface area contributed by atoms with Crippen LogP contribution in [0.2, 0.25) is 0 Å². The molecule has 0 N–H and O–H groups in total. The Labute approximate surface area is 150 Å². The van der Waals surface area contributed by atoms with E-state index in [1.807, 2.05) is 0 Å². The molecule has 4 rings (SSSR count). The van der Waals surface area contributed by atoms with Gasteiger partial charge in [-0.05, 0) is 31.0 Å². The fourth-order valence-electron chi connectivity index (χ4n) is 2.69. The number of hydrogen-bond donors (Lipinski definition) is 0. The van der Waals surface area contributed by atoms with Crippen molar-refractivity contribution >= 4 is 26.5 Å². The van der Waals surface area contributed by atoms with Crippen molar-refractivity contribution in [2.24, 2.45) is 10.3 Å². The van der Waals surface area contributed by atoms with Gasteiger partial charge >= 0.3 is 0 Å². The third-order valence-corrected chi connectivity index (χ3v) is 6.60. The van der Waals surface area contributed by atoms with E-state index < -0.39 is 15.5 Å². The fourth-order valence-corrected chi connectivity index (χ4v) is 4.29. The summed E-state index contributed by atoms with van der Waals surface area (Å²) >= 11 is 0. The maximum absolute atomic E-state index is 13.4. The Morgan fingerprint density at radius 3 is 2.85 bits per heavy atom. The van der Waals surface area contributed by atoms with Crippen LogP contribution >= 0.6 is 0 Å². The summed E-state index contributed by atoms with van der Waals surface area (Å²) in [4.78, 5) is 16.4. The number of aromatic nitrogens is 3. The second kappa shape index (κ2) is 6.28. The molecule has 1 aromatic carbocycles. The second-order valence-electron chi connectivity index (χ2n) is 6.29. The van der Waals surface area contributed by atoms with E-state index in [1.54, 1.807) is 31.3 Å². The van der Waals surface area contributed by atoms with Crippen LogP contribution in [-0.4, -0.2) is 30.6 Å². The van der Waals surface area contributed by atoms with Crippen LogP contribution in [0.4, 0.5) is 4.39 Å². The zero-order valence-corrected chi connectivity index (χ0v) is 14.9. The van der Waals surface area contributed by atoms with Crippen molar-refractivity contribution in [1.29, 1.82) is 0 Å². The lowest BCUT2D eigenvalue weighted by Crippen LogP contribution is -2.08. The van der Waals surface area contributed by atoms with Gasteiger partial charge in [-0.3, -0.25) is 9.78 Å². The lowest BCUT2D eigenvalue weighted by molar-refractivity contribution is -0.118. The van der Waals surface area contributed by atoms with Crippen LogP contribution in [0.3, 0.4) is 0 Å². The quantitative estimate of drug-likeness (QED) is 0.704. The molecule has 0 bridgehead atoms. The van der Waals surface area contributed by atoms with Gasteiger partial charge in [0, 0.05) is 34.2 Å². The predicted molar refractivity (Wildman–Crippen MR) is 95.9 cm³/mol. The van der Waals surface area contributed by atoms with Gasteiger partial charge in [-0.15, -0.1) is 0 Å². The van der Waals surface area contributed by atoms with Crippen molar-refractivity contribution in [2.75, 3.05) is 5.75 Å². The number of rotatable bonds is 4. The maximum Gasteiger partial charge on any atom is 0.257 e. The molecule has 6 nitrogen and oxygen atoms in total. The van der Waals surface area contributed by atoms with Gasteiger partial charge < -0.3 is 0 Å². The van der Waals surface area contributed by atoms with E-state index in [0.29, 0.717) is 16.1 Å². The molecule has 0 aliphatic heterocycles. The first kappa shape index (κ1) is 16.8. The van der Waals surface area contributed by atoms with Crippen molar-refractivity contribution in [2.45, 2.75) is 24.7 Å². The molecule has 134 valence electrons. The molecular formula is C18H17FN4O2S. The molecule has 2 heterocycles. The maximum atomic E-state index is 13.4. The van der Waals surface area contributed by atoms with Crippen molar-refractivity contribution in [1.82, 2.24) is 14.8 Å². The number of pyridine rings is 1. The lowest BCUT2D eigenvalue weighted by atomic mass is 10.3. The van der Waals surface area contributed by atoms with E-state index in [0.717, 1.165) is 24.4 Å². The summed E-state index contributed by atoms with van der Waals surface area (Å²) in [7, 11) is -2.80. The summed E-state index contributed by atoms with van der Waals surface area (Å²) in [6.07, 6.45) is 6.01. The molecule has 1 amide bonds. The van der Waals surface area contributed by atoms with Crippen LogP contribution in [-0.2, 0) is 14.5 Å². The highest BCUT2D eigenvalue weighted by Gasteiger charge is 2.31. The van der Waals surface area contributed by atoms with E-state index in [-0.39, 0.29) is 17.6 Å². The molecule has 2 aromatic heterocycles. The normalized spacial score (nSPS) is 16.4. The molecule has 3 aromatic rings. The molecule has 0 radical (unpaired) electrons. The van der Waals surface area contributed by atoms with Crippen molar-refractivity contribution < 1.29 is 13.4 Å². The third-order valence-electron chi connectivity index (χ3n) is 4.35. The average molecular weight is 372 g/mol. The Morgan fingerprint density at radius 2 is 2.15 bits per heavy atom. The number of halogens is 1. The highest BCUT2D eigenvalue weighted by atomic mass is 32.2. The molecule has 1 saturated carbocycles. The van der Waals surface area contributed by atoms with E-state index in [9.17, 15) is 13.4 Å². The summed E-state index contributed by atoms with van der Waals surface area (Å²) in [5, 5.41) is 5.13. The van der Waals surface area contributed by atoms with Crippen LogP contribution in [0, 0.1) is 11.7 Å². The summed E-state index contributed by atoms with van der Waals surface area (Å²) < 4.78 is 32.1. The summed E-state index contributed by atoms with van der Waals surface area (Å²) in [6, 6.07) is 6.50. The predicted octanol–water partition coefficient (Wildman–Crippen LogP) is 3.34. The summed E-state index contributed by atoms with van der Waals surface area (Å²) in [6.45, 7) is 1.76. The number of carbonyl (C=O) groups is 1. The van der Waals surface area contributed by atoms with E-state index in [4.69, 9.17) is 0 Å². The number of amides is 1. The minimum Gasteiger partial charge on any atom is -0.272 e. The van der Waals surface area contributed by atoms with Crippen LogP contribution in [0.25, 0.3) is 16.6 Å². The summed E-state index contributed by atoms with van der Waals surface area (Å²) in [5.41, 5.74) is 1.16. The van der Waals surface area contributed by atoms with Crippen LogP contribution in [0.5, 0.6) is 0 Å². The van der Waals surface area contributed by atoms with Gasteiger partial charge in [-0.1, -0.05) is 6.92 Å². The number of hydrogen-bond acceptors (Lipinski definition) is 4. The molecule has 0 spiro atoms. The number of carbonyl (C=O) groups excluding carboxylic acids is 1. The zero-order valence-electron chi connectivity index (χ0n) is 14.1. The Balaban J connectivity index is 1.77. The monoisotopic (exact) mass is 372 g/mol. The first-order valence-corrected chi connectivity index (χ1v) is 10.1. The van der Waals surface area contributed by atoms with Gasteiger partial charge in [0.15, 0.2) is 0 Å². The van der Waals surface area contributed by atoms with Gasteiger partial charge in [-0.25, -0.2) is 13.3 Å². The number of fused-ring (bicyclic) bond motifs is 1. The first-order valence-electron chi connectivity index (χ1n) is 8.37. The van der Waals surface area contributed by atoms with Gasteiger partial charge in [0.1, 0.15) is 5.82 Å². The average Bonchev–Trinajstić information content (AvgIpc) is 3.40. The van der Waals surface area contributed by atoms with Crippen molar-refractivity contribution in [3.05, 3.63) is 48.7 Å². The Morgan fingerprint density at radius 1 is 1.35 bits per heavy atom. The van der Waals surface area contributed by atoms with E-state index in [1.165, 1.54) is 16.9 Å². The SMILES string of the molecule is CCS(=O)(=NC(=O)C1CC1)c1ccc2nn(-c3cncc(F)c3)cc2c1. The zero-order chi connectivity index (χ0) is 18.3. The molecular weight excluding hydrogens is 355 g/mol. The van der Waals surface area contributed by atoms with Gasteiger partial charge in [-0.2, -0.15) is 9.46 Å². The second-order valence-corrected chi connectivity index (χ2v) is 8.80. The molecule has 1 fully saturated rings. The topological polar surface area (TPSA) is 77.2 Å². The smallest absolute Gasteiger partial charge is 0.257 e. The lowest BCUT2D eigenvalue weighted by Gasteiger charge is -2.07. The molecule has 1 aliphatic rings. The van der Waals surface area contributed by atoms with Gasteiger partial charge in [0.2, 0.25) is 0 Å². The van der Waals surface area contributed by atoms with E-state index in [2.05, 4.69) is 14.4 Å². The molecule has 1 aliphatic carbocycles. The Kier molecular flexibility index (Phi) is 4.07. The van der Waals surface area contributed by atoms with Crippen LogP contribution in [0.1, 0.15) is 19.8 Å². The van der Waals surface area contributed by atoms with Gasteiger partial charge in [0.05, 0.1) is 33.3 Å². The highest BCUT2D eigenvalue weighted by Crippen LogP contribution is 2.31. The first-order chi connectivity index (χ1) is 12.5. The molecule has 26 heavy (non-hydrogen) atoms. The summed E-state index contributed by atoms with van der Waals surface area (Å²) in [5.74, 6) is -0.513. The molecule has 1 unspecified atom stereocenters. The molecule has 8 heteroatoms. The Bertz CT molecular complexity index is 1130. The number of benzene rings is 1. The molecule has 0 saturated heterocycles. The van der Waals surface area contributed by atoms with Crippen LogP contribution in [0.15, 0.2) is 52.1 Å². The Hall–Kier alpha value is -2.61. The fraction of sp³-hybridized carbons (Fsp3) is 0.278. The standard InChI is InChI=1S/C18H17FN4O2S/c1-2-26(25,22-18(24)12-3-4-12)16-5-6-17-13(7-16)11-23(21-17)15-8-14(19)9-20-10-15/h5-12H,2-4H2,1H3. The van der Waals surface area contributed by atoms with Crippen LogP contribution < -0.4 is 0 Å². The largest absolute Gasteiger partial charge is 0.272 e. The van der Waals surface area contributed by atoms with Crippen molar-refractivity contribution in [3.63, 3.8) is 0 Å². The molecule has 1 atom stereocenters. The minimum atomic E-state index is -2.80. The van der Waals surface area contributed by atoms with Gasteiger partial charge in [0.25, 0.3) is 5.91 Å². The minimum absolute atomic E-state index is 0.0608. The highest BCUT2D eigenvalue weighted by molar-refractivity contribution is 7.94. The van der Waals surface area contributed by atoms with Crippen molar-refractivity contribution in [3.8, 4) is 5.69 Å². The third kappa shape index (κ3) is 3.12.